The van der Waals surface area contributed by atoms with Crippen molar-refractivity contribution in [1.29, 1.82) is 0 Å². The number of carbonyl (C=O) groups excluding carboxylic acids is 1. The second kappa shape index (κ2) is 8.69. The van der Waals surface area contributed by atoms with Crippen molar-refractivity contribution in [1.82, 2.24) is 29.6 Å². The van der Waals surface area contributed by atoms with Crippen molar-refractivity contribution in [2.24, 2.45) is 0 Å². The number of thiazole rings is 1. The smallest absolute Gasteiger partial charge is 0.239 e. The van der Waals surface area contributed by atoms with Gasteiger partial charge in [0.1, 0.15) is 12.3 Å². The lowest BCUT2D eigenvalue weighted by molar-refractivity contribution is -0.121. The van der Waals surface area contributed by atoms with E-state index in [0.29, 0.717) is 19.0 Å². The summed E-state index contributed by atoms with van der Waals surface area (Å²) in [5.74, 6) is 1.37. The van der Waals surface area contributed by atoms with Gasteiger partial charge in [-0.15, -0.1) is 11.3 Å². The first-order valence-corrected chi connectivity index (χ1v) is 11.9. The Balaban J connectivity index is 1.47. The maximum Gasteiger partial charge on any atom is 0.239 e. The van der Waals surface area contributed by atoms with Gasteiger partial charge in [-0.2, -0.15) is 5.10 Å². The van der Waals surface area contributed by atoms with Gasteiger partial charge in [-0.1, -0.05) is 6.07 Å². The molecule has 10 heteroatoms. The summed E-state index contributed by atoms with van der Waals surface area (Å²) in [7, 11) is 1.62. The quantitative estimate of drug-likeness (QED) is 0.441. The minimum atomic E-state index is -0.839. The van der Waals surface area contributed by atoms with Crippen LogP contribution in [0.3, 0.4) is 0 Å². The Labute approximate surface area is 201 Å². The Hall–Kier alpha value is -3.50. The van der Waals surface area contributed by atoms with E-state index in [2.05, 4.69) is 15.4 Å². The number of benzene rings is 1. The fraction of sp³-hybridized carbons (Fsp3) is 0.333. The van der Waals surface area contributed by atoms with Crippen molar-refractivity contribution in [3.8, 4) is 39.0 Å². The maximum absolute atomic E-state index is 11.9. The molecule has 0 bridgehead atoms. The van der Waals surface area contributed by atoms with Crippen LogP contribution in [-0.4, -0.2) is 54.6 Å². The van der Waals surface area contributed by atoms with Crippen LogP contribution in [0, 0.1) is 0 Å². The number of imidazole rings is 1. The van der Waals surface area contributed by atoms with Crippen molar-refractivity contribution in [2.75, 3.05) is 13.7 Å². The summed E-state index contributed by atoms with van der Waals surface area (Å²) < 4.78 is 9.64. The number of fused-ring (bicyclic) bond motifs is 3. The summed E-state index contributed by atoms with van der Waals surface area (Å²) in [5, 5.41) is 17.9. The van der Waals surface area contributed by atoms with Gasteiger partial charge in [-0.05, 0) is 31.5 Å². The van der Waals surface area contributed by atoms with Crippen LogP contribution in [0.1, 0.15) is 18.7 Å². The molecule has 0 aliphatic carbocycles. The van der Waals surface area contributed by atoms with Crippen LogP contribution in [-0.2, 0) is 24.3 Å². The molecule has 1 amide bonds. The molecule has 176 valence electrons. The first kappa shape index (κ1) is 22.3. The van der Waals surface area contributed by atoms with E-state index in [9.17, 15) is 9.90 Å². The van der Waals surface area contributed by atoms with Crippen molar-refractivity contribution in [3.63, 3.8) is 0 Å². The van der Waals surface area contributed by atoms with Gasteiger partial charge in [-0.25, -0.2) is 9.97 Å². The van der Waals surface area contributed by atoms with Crippen LogP contribution < -0.4 is 10.1 Å². The molecule has 0 saturated carbocycles. The van der Waals surface area contributed by atoms with Gasteiger partial charge in [0.05, 0.1) is 30.6 Å². The van der Waals surface area contributed by atoms with Crippen LogP contribution in [0.5, 0.6) is 5.75 Å². The summed E-state index contributed by atoms with van der Waals surface area (Å²) in [4.78, 5) is 22.4. The fourth-order valence-corrected chi connectivity index (χ4v) is 5.03. The molecule has 0 atom stereocenters. The summed E-state index contributed by atoms with van der Waals surface area (Å²) in [5.41, 5.74) is 2.93. The number of aliphatic hydroxyl groups is 1. The van der Waals surface area contributed by atoms with Gasteiger partial charge in [0.25, 0.3) is 0 Å². The minimum Gasteiger partial charge on any atom is -0.492 e. The minimum absolute atomic E-state index is 0.0884. The standard InChI is InChI=1S/C24H26N6O3S/c1-24(2,32)14-30-12-16(11-27-30)15-4-5-17-18(10-15)33-9-6-19-21(17)28-23(34-19)22-26-7-8-29(22)13-20(31)25-3/h4-5,7-8,10-12,32H,6,9,13-14H2,1-3H3,(H,25,31). The highest BCUT2D eigenvalue weighted by atomic mass is 32.1. The number of carbonyl (C=O) groups is 1. The van der Waals surface area contributed by atoms with E-state index < -0.39 is 5.60 Å². The van der Waals surface area contributed by atoms with E-state index in [1.54, 1.807) is 55.5 Å². The molecule has 0 fully saturated rings. The third-order valence-electron chi connectivity index (χ3n) is 5.54. The highest BCUT2D eigenvalue weighted by Crippen LogP contribution is 2.41. The second-order valence-electron chi connectivity index (χ2n) is 8.89. The first-order valence-electron chi connectivity index (χ1n) is 11.0. The Kier molecular flexibility index (Phi) is 5.70. The van der Waals surface area contributed by atoms with Crippen LogP contribution in [0.25, 0.3) is 33.2 Å². The number of ether oxygens (including phenoxy) is 1. The predicted molar refractivity (Wildman–Crippen MR) is 130 cm³/mol. The molecule has 4 heterocycles. The summed E-state index contributed by atoms with van der Waals surface area (Å²) >= 11 is 1.58. The SMILES string of the molecule is CNC(=O)Cn1ccnc1-c1nc2c(s1)CCOc1cc(-c3cnn(CC(C)(C)O)c3)ccc1-2. The monoisotopic (exact) mass is 478 g/mol. The first-order chi connectivity index (χ1) is 16.3. The Morgan fingerprint density at radius 1 is 1.32 bits per heavy atom. The van der Waals surface area contributed by atoms with Crippen molar-refractivity contribution in [3.05, 3.63) is 47.9 Å². The van der Waals surface area contributed by atoms with E-state index in [1.165, 1.54) is 0 Å². The molecule has 1 aliphatic rings. The molecule has 34 heavy (non-hydrogen) atoms. The molecule has 4 aromatic rings. The predicted octanol–water partition coefficient (Wildman–Crippen LogP) is 2.99. The largest absolute Gasteiger partial charge is 0.492 e. The number of aromatic nitrogens is 5. The van der Waals surface area contributed by atoms with E-state index in [4.69, 9.17) is 9.72 Å². The molecule has 9 nitrogen and oxygen atoms in total. The lowest BCUT2D eigenvalue weighted by Gasteiger charge is -2.16. The molecule has 0 saturated heterocycles. The van der Waals surface area contributed by atoms with Gasteiger partial charge in [0.15, 0.2) is 10.8 Å². The molecule has 5 rings (SSSR count). The van der Waals surface area contributed by atoms with Crippen LogP contribution in [0.15, 0.2) is 43.0 Å². The molecule has 1 aromatic carbocycles. The third-order valence-corrected chi connectivity index (χ3v) is 6.65. The molecule has 2 N–H and O–H groups in total. The van der Waals surface area contributed by atoms with Gasteiger partial charge < -0.3 is 19.7 Å². The molecule has 0 radical (unpaired) electrons. The second-order valence-corrected chi connectivity index (χ2v) is 9.97. The van der Waals surface area contributed by atoms with Crippen LogP contribution in [0.4, 0.5) is 0 Å². The van der Waals surface area contributed by atoms with E-state index in [1.807, 2.05) is 29.0 Å². The third kappa shape index (κ3) is 4.46. The van der Waals surface area contributed by atoms with E-state index >= 15 is 0 Å². The molecule has 1 aliphatic heterocycles. The topological polar surface area (TPSA) is 107 Å². The average molecular weight is 479 g/mol. The number of nitrogens with one attached hydrogen (secondary N) is 1. The number of likely N-dealkylation sites (N-methyl/N-ethyl adjacent to an activating group) is 1. The maximum atomic E-state index is 11.9. The number of hydrogen-bond donors (Lipinski definition) is 2. The molecule has 3 aromatic heterocycles. The summed E-state index contributed by atoms with van der Waals surface area (Å²) in [6.07, 6.45) is 7.94. The summed E-state index contributed by atoms with van der Waals surface area (Å²) in [6, 6.07) is 6.08. The zero-order chi connectivity index (χ0) is 23.9. The van der Waals surface area contributed by atoms with Crippen molar-refractivity contribution in [2.45, 2.75) is 39.0 Å². The number of amides is 1. The number of hydrogen-bond acceptors (Lipinski definition) is 7. The van der Waals surface area contributed by atoms with Gasteiger partial charge in [0, 0.05) is 48.1 Å². The zero-order valence-corrected chi connectivity index (χ0v) is 20.1. The highest BCUT2D eigenvalue weighted by Gasteiger charge is 2.23. The fourth-order valence-electron chi connectivity index (χ4n) is 3.96. The van der Waals surface area contributed by atoms with E-state index in [0.717, 1.165) is 44.4 Å². The number of nitrogens with zero attached hydrogens (tertiary/aromatic N) is 5. The normalized spacial score (nSPS) is 13.1. The average Bonchev–Trinajstić information content (AvgIpc) is 3.51. The summed E-state index contributed by atoms with van der Waals surface area (Å²) in [6.45, 7) is 4.68. The van der Waals surface area contributed by atoms with Crippen LogP contribution >= 0.6 is 11.3 Å². The van der Waals surface area contributed by atoms with Crippen molar-refractivity contribution >= 4 is 17.2 Å². The Morgan fingerprint density at radius 3 is 2.97 bits per heavy atom. The Bertz CT molecular complexity index is 1350. The van der Waals surface area contributed by atoms with E-state index in [-0.39, 0.29) is 12.5 Å². The van der Waals surface area contributed by atoms with Gasteiger partial charge >= 0.3 is 0 Å². The lowest BCUT2D eigenvalue weighted by Crippen LogP contribution is -2.26. The van der Waals surface area contributed by atoms with Crippen LogP contribution in [0.2, 0.25) is 0 Å². The lowest BCUT2D eigenvalue weighted by atomic mass is 10.0. The van der Waals surface area contributed by atoms with Crippen molar-refractivity contribution < 1.29 is 14.6 Å². The van der Waals surface area contributed by atoms with Gasteiger partial charge in [0.2, 0.25) is 5.91 Å². The number of rotatable bonds is 6. The molecule has 0 spiro atoms. The highest BCUT2D eigenvalue weighted by molar-refractivity contribution is 7.15. The Morgan fingerprint density at radius 2 is 2.18 bits per heavy atom. The molecule has 0 unspecified atom stereocenters. The zero-order valence-electron chi connectivity index (χ0n) is 19.3. The van der Waals surface area contributed by atoms with Gasteiger partial charge in [-0.3, -0.25) is 9.48 Å². The molecular formula is C24H26N6O3S. The molecular weight excluding hydrogens is 452 g/mol.